The largest absolute Gasteiger partial charge is 0.497 e. The van der Waals surface area contributed by atoms with Gasteiger partial charge in [0.2, 0.25) is 0 Å². The molecule has 2 nitrogen and oxygen atoms in total. The second-order valence-corrected chi connectivity index (χ2v) is 4.73. The van der Waals surface area contributed by atoms with E-state index < -0.39 is 17.8 Å². The summed E-state index contributed by atoms with van der Waals surface area (Å²) in [5, 5.41) is 0. The third kappa shape index (κ3) is 3.91. The number of hydrogen-bond donors (Lipinski definition) is 1. The lowest BCUT2D eigenvalue weighted by atomic mass is 9.96. The molecule has 0 heterocycles. The SMILES string of the molecule is COc1cc([C@H](N)CC(C)C)cc(C(F)(F)F)c1. The van der Waals surface area contributed by atoms with Gasteiger partial charge in [0.25, 0.3) is 0 Å². The first-order valence-corrected chi connectivity index (χ1v) is 5.75. The molecular formula is C13H18F3NO. The molecular weight excluding hydrogens is 243 g/mol. The standard InChI is InChI=1S/C13H18F3NO/c1-8(2)4-12(17)9-5-10(13(14,15)16)7-11(6-9)18-3/h5-8,12H,4,17H2,1-3H3/t12-/m1/s1. The Morgan fingerprint density at radius 1 is 1.22 bits per heavy atom. The van der Waals surface area contributed by atoms with Gasteiger partial charge < -0.3 is 10.5 Å². The number of alkyl halides is 3. The third-order valence-electron chi connectivity index (χ3n) is 2.65. The van der Waals surface area contributed by atoms with E-state index in [9.17, 15) is 13.2 Å². The van der Waals surface area contributed by atoms with E-state index in [-0.39, 0.29) is 5.75 Å². The highest BCUT2D eigenvalue weighted by Crippen LogP contribution is 2.34. The van der Waals surface area contributed by atoms with E-state index in [4.69, 9.17) is 10.5 Å². The summed E-state index contributed by atoms with van der Waals surface area (Å²) in [6, 6.07) is 3.21. The van der Waals surface area contributed by atoms with Crippen LogP contribution in [0.5, 0.6) is 5.75 Å². The summed E-state index contributed by atoms with van der Waals surface area (Å²) in [6.07, 6.45) is -3.76. The summed E-state index contributed by atoms with van der Waals surface area (Å²) in [7, 11) is 1.34. The third-order valence-corrected chi connectivity index (χ3v) is 2.65. The molecule has 0 amide bonds. The van der Waals surface area contributed by atoms with Crippen LogP contribution in [0.2, 0.25) is 0 Å². The van der Waals surface area contributed by atoms with Crippen LogP contribution in [0.15, 0.2) is 18.2 Å². The normalized spacial score (nSPS) is 13.8. The van der Waals surface area contributed by atoms with E-state index in [1.165, 1.54) is 7.11 Å². The van der Waals surface area contributed by atoms with E-state index in [1.807, 2.05) is 13.8 Å². The number of benzene rings is 1. The van der Waals surface area contributed by atoms with Crippen molar-refractivity contribution >= 4 is 0 Å². The fourth-order valence-electron chi connectivity index (χ4n) is 1.76. The zero-order chi connectivity index (χ0) is 13.9. The van der Waals surface area contributed by atoms with Crippen LogP contribution in [0.4, 0.5) is 13.2 Å². The Labute approximate surface area is 105 Å². The van der Waals surface area contributed by atoms with Crippen molar-refractivity contribution < 1.29 is 17.9 Å². The lowest BCUT2D eigenvalue weighted by Crippen LogP contribution is -2.15. The molecule has 0 aliphatic rings. The first-order chi connectivity index (χ1) is 8.24. The number of ether oxygens (including phenoxy) is 1. The van der Waals surface area contributed by atoms with Crippen molar-refractivity contribution in [2.45, 2.75) is 32.5 Å². The highest BCUT2D eigenvalue weighted by molar-refractivity contribution is 5.37. The van der Waals surface area contributed by atoms with Crippen LogP contribution in [-0.4, -0.2) is 7.11 Å². The first-order valence-electron chi connectivity index (χ1n) is 5.75. The number of halogens is 3. The molecule has 5 heteroatoms. The predicted octanol–water partition coefficient (Wildman–Crippen LogP) is 3.76. The summed E-state index contributed by atoms with van der Waals surface area (Å²) < 4.78 is 43.0. The summed E-state index contributed by atoms with van der Waals surface area (Å²) in [5.74, 6) is 0.500. The van der Waals surface area contributed by atoms with Crippen LogP contribution in [0.3, 0.4) is 0 Å². The van der Waals surface area contributed by atoms with Crippen LogP contribution in [0, 0.1) is 5.92 Å². The smallest absolute Gasteiger partial charge is 0.416 e. The van der Waals surface area contributed by atoms with Crippen molar-refractivity contribution in [1.29, 1.82) is 0 Å². The molecule has 0 aromatic heterocycles. The van der Waals surface area contributed by atoms with Gasteiger partial charge in [-0.15, -0.1) is 0 Å². The molecule has 0 bridgehead atoms. The average molecular weight is 261 g/mol. The Morgan fingerprint density at radius 3 is 2.28 bits per heavy atom. The van der Waals surface area contributed by atoms with Gasteiger partial charge in [0.05, 0.1) is 12.7 Å². The van der Waals surface area contributed by atoms with Gasteiger partial charge in [-0.25, -0.2) is 0 Å². The van der Waals surface area contributed by atoms with Crippen molar-refractivity contribution in [3.05, 3.63) is 29.3 Å². The molecule has 1 aromatic carbocycles. The van der Waals surface area contributed by atoms with Gasteiger partial charge in [0, 0.05) is 6.04 Å². The number of rotatable bonds is 4. The monoisotopic (exact) mass is 261 g/mol. The molecule has 102 valence electrons. The molecule has 1 aromatic rings. The van der Waals surface area contributed by atoms with Crippen LogP contribution < -0.4 is 10.5 Å². The van der Waals surface area contributed by atoms with Crippen molar-refractivity contribution in [3.8, 4) is 5.75 Å². The van der Waals surface area contributed by atoms with Gasteiger partial charge in [-0.1, -0.05) is 13.8 Å². The van der Waals surface area contributed by atoms with Crippen molar-refractivity contribution in [3.63, 3.8) is 0 Å². The van der Waals surface area contributed by atoms with E-state index in [0.717, 1.165) is 12.1 Å². The molecule has 0 saturated heterocycles. The average Bonchev–Trinajstić information content (AvgIpc) is 2.26. The fourth-order valence-corrected chi connectivity index (χ4v) is 1.76. The van der Waals surface area contributed by atoms with Gasteiger partial charge in [-0.2, -0.15) is 13.2 Å². The fraction of sp³-hybridized carbons (Fsp3) is 0.538. The highest BCUT2D eigenvalue weighted by Gasteiger charge is 2.31. The van der Waals surface area contributed by atoms with Gasteiger partial charge in [0.15, 0.2) is 0 Å². The van der Waals surface area contributed by atoms with Crippen molar-refractivity contribution in [2.75, 3.05) is 7.11 Å². The summed E-state index contributed by atoms with van der Waals surface area (Å²) in [6.45, 7) is 3.95. The minimum atomic E-state index is -4.39. The molecule has 0 aliphatic carbocycles. The maximum Gasteiger partial charge on any atom is 0.416 e. The molecule has 0 aliphatic heterocycles. The Morgan fingerprint density at radius 2 is 1.83 bits per heavy atom. The summed E-state index contributed by atoms with van der Waals surface area (Å²) in [4.78, 5) is 0. The lowest BCUT2D eigenvalue weighted by Gasteiger charge is -2.17. The Bertz CT molecular complexity index is 402. The predicted molar refractivity (Wildman–Crippen MR) is 64.4 cm³/mol. The summed E-state index contributed by atoms with van der Waals surface area (Å²) >= 11 is 0. The van der Waals surface area contributed by atoms with E-state index in [0.29, 0.717) is 17.9 Å². The lowest BCUT2D eigenvalue weighted by molar-refractivity contribution is -0.137. The topological polar surface area (TPSA) is 35.2 Å². The van der Waals surface area contributed by atoms with Crippen LogP contribution in [-0.2, 0) is 6.18 Å². The first kappa shape index (κ1) is 14.8. The maximum atomic E-state index is 12.7. The van der Waals surface area contributed by atoms with E-state index in [2.05, 4.69) is 0 Å². The van der Waals surface area contributed by atoms with Gasteiger partial charge >= 0.3 is 6.18 Å². The number of methoxy groups -OCH3 is 1. The molecule has 2 N–H and O–H groups in total. The van der Waals surface area contributed by atoms with Crippen molar-refractivity contribution in [1.82, 2.24) is 0 Å². The Kier molecular flexibility index (Phi) is 4.62. The van der Waals surface area contributed by atoms with Crippen molar-refractivity contribution in [2.24, 2.45) is 11.7 Å². The molecule has 18 heavy (non-hydrogen) atoms. The minimum absolute atomic E-state index is 0.180. The van der Waals surface area contributed by atoms with Crippen LogP contribution in [0.1, 0.15) is 37.4 Å². The Balaban J connectivity index is 3.12. The van der Waals surface area contributed by atoms with Gasteiger partial charge in [-0.3, -0.25) is 0 Å². The second-order valence-electron chi connectivity index (χ2n) is 4.73. The van der Waals surface area contributed by atoms with Crippen LogP contribution >= 0.6 is 0 Å². The molecule has 0 fully saturated rings. The molecule has 1 atom stereocenters. The maximum absolute atomic E-state index is 12.7. The number of hydrogen-bond acceptors (Lipinski definition) is 2. The molecule has 0 spiro atoms. The second kappa shape index (κ2) is 5.61. The Hall–Kier alpha value is -1.23. The number of nitrogens with two attached hydrogens (primary N) is 1. The van der Waals surface area contributed by atoms with Gasteiger partial charge in [-0.05, 0) is 36.1 Å². The quantitative estimate of drug-likeness (QED) is 0.895. The molecule has 0 unspecified atom stereocenters. The summed E-state index contributed by atoms with van der Waals surface area (Å²) in [5.41, 5.74) is 5.64. The van der Waals surface area contributed by atoms with Gasteiger partial charge in [0.1, 0.15) is 5.75 Å². The van der Waals surface area contributed by atoms with E-state index in [1.54, 1.807) is 6.07 Å². The molecule has 0 radical (unpaired) electrons. The van der Waals surface area contributed by atoms with Crippen LogP contribution in [0.25, 0.3) is 0 Å². The zero-order valence-electron chi connectivity index (χ0n) is 10.7. The van der Waals surface area contributed by atoms with E-state index >= 15 is 0 Å². The minimum Gasteiger partial charge on any atom is -0.497 e. The molecule has 0 saturated carbocycles. The molecule has 1 rings (SSSR count). The highest BCUT2D eigenvalue weighted by atomic mass is 19.4. The zero-order valence-corrected chi connectivity index (χ0v) is 10.7.